The highest BCUT2D eigenvalue weighted by Gasteiger charge is 2.45. The molecule has 2 aliphatic rings. The number of imide groups is 1. The van der Waals surface area contributed by atoms with Crippen molar-refractivity contribution in [2.45, 2.75) is 19.4 Å². The average molecular weight is 275 g/mol. The van der Waals surface area contributed by atoms with Crippen molar-refractivity contribution in [3.63, 3.8) is 0 Å². The molecule has 1 atom stereocenters. The molecular formula is C15H19N2O3+. The number of hydrogen-bond acceptors (Lipinski definition) is 3. The van der Waals surface area contributed by atoms with E-state index in [9.17, 15) is 9.59 Å². The van der Waals surface area contributed by atoms with Gasteiger partial charge in [0.2, 0.25) is 5.91 Å². The predicted octanol–water partition coefficient (Wildman–Crippen LogP) is -0.458. The van der Waals surface area contributed by atoms with Gasteiger partial charge in [0.1, 0.15) is 13.1 Å². The zero-order chi connectivity index (χ0) is 14.1. The lowest BCUT2D eigenvalue weighted by Crippen LogP contribution is -3.18. The number of ether oxygens (including phenoxy) is 1. The van der Waals surface area contributed by atoms with Crippen LogP contribution in [0.1, 0.15) is 12.0 Å². The van der Waals surface area contributed by atoms with Crippen LogP contribution in [0.3, 0.4) is 0 Å². The first-order valence-corrected chi connectivity index (χ1v) is 7.02. The molecule has 0 unspecified atom stereocenters. The van der Waals surface area contributed by atoms with Crippen molar-refractivity contribution < 1.29 is 19.2 Å². The molecular weight excluding hydrogens is 256 g/mol. The summed E-state index contributed by atoms with van der Waals surface area (Å²) in [6.07, 6.45) is 0.308. The van der Waals surface area contributed by atoms with E-state index in [0.29, 0.717) is 25.3 Å². The smallest absolute Gasteiger partial charge is 0.292 e. The quantitative estimate of drug-likeness (QED) is 0.743. The molecule has 2 saturated heterocycles. The zero-order valence-electron chi connectivity index (χ0n) is 11.6. The van der Waals surface area contributed by atoms with Crippen molar-refractivity contribution in [3.05, 3.63) is 29.8 Å². The maximum Gasteiger partial charge on any atom is 0.292 e. The Morgan fingerprint density at radius 2 is 2.00 bits per heavy atom. The number of aryl methyl sites for hydroxylation is 1. The van der Waals surface area contributed by atoms with Crippen LogP contribution in [0.4, 0.5) is 5.69 Å². The normalized spacial score (nSPS) is 24.4. The maximum absolute atomic E-state index is 12.6. The van der Waals surface area contributed by atoms with E-state index >= 15 is 0 Å². The summed E-state index contributed by atoms with van der Waals surface area (Å²) >= 11 is 0. The van der Waals surface area contributed by atoms with Crippen LogP contribution >= 0.6 is 0 Å². The number of amides is 2. The highest BCUT2D eigenvalue weighted by molar-refractivity contribution is 6.21. The molecule has 0 aromatic heterocycles. The summed E-state index contributed by atoms with van der Waals surface area (Å²) < 4.78 is 5.32. The second kappa shape index (κ2) is 5.34. The maximum atomic E-state index is 12.6. The fourth-order valence-corrected chi connectivity index (χ4v) is 2.97. The Hall–Kier alpha value is -1.72. The largest absolute Gasteiger partial charge is 0.370 e. The molecule has 1 aromatic rings. The Kier molecular flexibility index (Phi) is 3.54. The number of carbonyl (C=O) groups is 2. The third kappa shape index (κ3) is 2.34. The average Bonchev–Trinajstić information content (AvgIpc) is 2.75. The third-order valence-corrected chi connectivity index (χ3v) is 4.03. The van der Waals surface area contributed by atoms with E-state index in [0.717, 1.165) is 18.7 Å². The summed E-state index contributed by atoms with van der Waals surface area (Å²) in [6, 6.07) is 7.29. The molecule has 2 fully saturated rings. The Balaban J connectivity index is 1.83. The summed E-state index contributed by atoms with van der Waals surface area (Å²) in [5.74, 6) is -0.165. The highest BCUT2D eigenvalue weighted by atomic mass is 16.5. The molecule has 0 radical (unpaired) electrons. The number of hydrogen-bond donors (Lipinski definition) is 1. The molecule has 0 saturated carbocycles. The van der Waals surface area contributed by atoms with E-state index in [1.807, 2.05) is 31.2 Å². The number of benzene rings is 1. The first-order chi connectivity index (χ1) is 9.66. The molecule has 0 bridgehead atoms. The van der Waals surface area contributed by atoms with Gasteiger partial charge in [-0.2, -0.15) is 0 Å². The van der Waals surface area contributed by atoms with Crippen molar-refractivity contribution in [2.75, 3.05) is 31.2 Å². The summed E-state index contributed by atoms with van der Waals surface area (Å²) in [7, 11) is 0. The number of quaternary nitrogens is 1. The van der Waals surface area contributed by atoms with E-state index in [2.05, 4.69) is 0 Å². The van der Waals surface area contributed by atoms with Gasteiger partial charge in [-0.05, 0) is 24.6 Å². The van der Waals surface area contributed by atoms with Gasteiger partial charge in [-0.3, -0.25) is 9.59 Å². The van der Waals surface area contributed by atoms with E-state index in [4.69, 9.17) is 4.74 Å². The van der Waals surface area contributed by atoms with Crippen LogP contribution in [0, 0.1) is 6.92 Å². The molecule has 5 heteroatoms. The van der Waals surface area contributed by atoms with Crippen LogP contribution in [-0.4, -0.2) is 44.2 Å². The highest BCUT2D eigenvalue weighted by Crippen LogP contribution is 2.22. The first-order valence-electron chi connectivity index (χ1n) is 7.02. The van der Waals surface area contributed by atoms with E-state index in [1.54, 1.807) is 0 Å². The SMILES string of the molecule is Cc1cccc(N2C(=O)C[C@H]([NH+]3CCOCC3)C2=O)c1. The lowest BCUT2D eigenvalue weighted by Gasteiger charge is -2.27. The van der Waals surface area contributed by atoms with Gasteiger partial charge in [0.15, 0.2) is 6.04 Å². The van der Waals surface area contributed by atoms with Gasteiger partial charge >= 0.3 is 0 Å². The molecule has 2 heterocycles. The van der Waals surface area contributed by atoms with Crippen LogP contribution in [0.25, 0.3) is 0 Å². The van der Waals surface area contributed by atoms with E-state index in [-0.39, 0.29) is 17.9 Å². The molecule has 5 nitrogen and oxygen atoms in total. The molecule has 2 amide bonds. The number of nitrogens with zero attached hydrogens (tertiary/aromatic N) is 1. The first kappa shape index (κ1) is 13.3. The number of anilines is 1. The Bertz CT molecular complexity index is 538. The zero-order valence-corrected chi connectivity index (χ0v) is 11.6. The second-order valence-corrected chi connectivity index (χ2v) is 5.43. The predicted molar refractivity (Wildman–Crippen MR) is 73.6 cm³/mol. The van der Waals surface area contributed by atoms with Crippen molar-refractivity contribution in [3.8, 4) is 0 Å². The minimum absolute atomic E-state index is 0.0718. The number of rotatable bonds is 2. The van der Waals surface area contributed by atoms with E-state index in [1.165, 1.54) is 9.80 Å². The van der Waals surface area contributed by atoms with Gasteiger partial charge < -0.3 is 9.64 Å². The van der Waals surface area contributed by atoms with Crippen LogP contribution < -0.4 is 9.80 Å². The minimum Gasteiger partial charge on any atom is -0.370 e. The summed E-state index contributed by atoms with van der Waals surface area (Å²) in [5.41, 5.74) is 1.74. The molecule has 20 heavy (non-hydrogen) atoms. The van der Waals surface area contributed by atoms with Crippen molar-refractivity contribution in [1.82, 2.24) is 0 Å². The molecule has 2 aliphatic heterocycles. The van der Waals surface area contributed by atoms with Gasteiger partial charge in [0, 0.05) is 0 Å². The van der Waals surface area contributed by atoms with Crippen LogP contribution in [-0.2, 0) is 14.3 Å². The Morgan fingerprint density at radius 3 is 2.70 bits per heavy atom. The lowest BCUT2D eigenvalue weighted by atomic mass is 10.2. The lowest BCUT2D eigenvalue weighted by molar-refractivity contribution is -0.922. The van der Waals surface area contributed by atoms with Crippen molar-refractivity contribution >= 4 is 17.5 Å². The Labute approximate surface area is 118 Å². The van der Waals surface area contributed by atoms with Gasteiger partial charge in [0.05, 0.1) is 25.3 Å². The minimum atomic E-state index is -0.244. The molecule has 0 aliphatic carbocycles. The van der Waals surface area contributed by atoms with Crippen molar-refractivity contribution in [1.29, 1.82) is 0 Å². The number of nitrogens with one attached hydrogen (secondary N) is 1. The van der Waals surface area contributed by atoms with Crippen LogP contribution in [0.5, 0.6) is 0 Å². The number of carbonyl (C=O) groups excluding carboxylic acids is 2. The topological polar surface area (TPSA) is 51.1 Å². The molecule has 1 aromatic carbocycles. The Morgan fingerprint density at radius 1 is 1.25 bits per heavy atom. The van der Waals surface area contributed by atoms with Gasteiger partial charge in [-0.15, -0.1) is 0 Å². The van der Waals surface area contributed by atoms with Gasteiger partial charge in [-0.25, -0.2) is 4.90 Å². The van der Waals surface area contributed by atoms with E-state index < -0.39 is 0 Å². The van der Waals surface area contributed by atoms with Gasteiger partial charge in [-0.1, -0.05) is 12.1 Å². The third-order valence-electron chi connectivity index (χ3n) is 4.03. The second-order valence-electron chi connectivity index (χ2n) is 5.43. The van der Waals surface area contributed by atoms with Crippen LogP contribution in [0.2, 0.25) is 0 Å². The molecule has 3 rings (SSSR count). The molecule has 106 valence electrons. The molecule has 1 N–H and O–H groups in total. The van der Waals surface area contributed by atoms with Crippen LogP contribution in [0.15, 0.2) is 24.3 Å². The monoisotopic (exact) mass is 275 g/mol. The fraction of sp³-hybridized carbons (Fsp3) is 0.467. The van der Waals surface area contributed by atoms with Crippen molar-refractivity contribution in [2.24, 2.45) is 0 Å². The molecule has 0 spiro atoms. The summed E-state index contributed by atoms with van der Waals surface area (Å²) in [5, 5.41) is 0. The fourth-order valence-electron chi connectivity index (χ4n) is 2.97. The summed E-state index contributed by atoms with van der Waals surface area (Å²) in [4.78, 5) is 27.3. The summed E-state index contributed by atoms with van der Waals surface area (Å²) in [6.45, 7) is 4.88. The van der Waals surface area contributed by atoms with Gasteiger partial charge in [0.25, 0.3) is 5.91 Å². The standard InChI is InChI=1S/C15H18N2O3/c1-11-3-2-4-12(9-11)17-14(18)10-13(15(17)19)16-5-7-20-8-6-16/h2-4,9,13H,5-8,10H2,1H3/p+1/t13-/m0/s1. The number of morpholine rings is 1.